The molecule has 1 rings (SSSR count). The van der Waals surface area contributed by atoms with Gasteiger partial charge in [-0.3, -0.25) is 0 Å². The van der Waals surface area contributed by atoms with Crippen molar-refractivity contribution < 1.29 is 4.74 Å². The molecule has 15 heavy (non-hydrogen) atoms. The predicted molar refractivity (Wildman–Crippen MR) is 69.2 cm³/mol. The number of aromatic nitrogens is 1. The second kappa shape index (κ2) is 5.30. The molecule has 2 nitrogen and oxygen atoms in total. The molecule has 0 spiro atoms. The highest BCUT2D eigenvalue weighted by Crippen LogP contribution is 2.26. The Balaban J connectivity index is 2.51. The Kier molecular flexibility index (Phi) is 4.59. The number of pyridine rings is 1. The topological polar surface area (TPSA) is 22.1 Å². The van der Waals surface area contributed by atoms with Crippen LogP contribution in [-0.2, 0) is 0 Å². The lowest BCUT2D eigenvalue weighted by molar-refractivity contribution is 0.235. The average Bonchev–Trinajstić information content (AvgIpc) is 2.07. The van der Waals surface area contributed by atoms with E-state index >= 15 is 0 Å². The molecule has 0 aromatic carbocycles. The summed E-state index contributed by atoms with van der Waals surface area (Å²) in [5.74, 6) is 0.655. The molecule has 0 aliphatic heterocycles. The van der Waals surface area contributed by atoms with Crippen LogP contribution >= 0.6 is 31.9 Å². The van der Waals surface area contributed by atoms with Crippen LogP contribution in [0.3, 0.4) is 0 Å². The van der Waals surface area contributed by atoms with E-state index in [2.05, 4.69) is 57.6 Å². The monoisotopic (exact) mass is 335 g/mol. The van der Waals surface area contributed by atoms with Crippen LogP contribution in [0.5, 0.6) is 5.88 Å². The standard InChI is InChI=1S/C11H15Br2NO/c1-11(2,3)4-5-15-10-9(13)6-8(12)7-14-10/h6-7H,4-5H2,1-3H3. The van der Waals surface area contributed by atoms with Crippen LogP contribution in [0, 0.1) is 5.41 Å². The molecule has 0 bridgehead atoms. The Morgan fingerprint density at radius 1 is 1.33 bits per heavy atom. The molecular weight excluding hydrogens is 322 g/mol. The first kappa shape index (κ1) is 13.0. The van der Waals surface area contributed by atoms with Gasteiger partial charge >= 0.3 is 0 Å². The van der Waals surface area contributed by atoms with Gasteiger partial charge in [-0.25, -0.2) is 4.98 Å². The summed E-state index contributed by atoms with van der Waals surface area (Å²) < 4.78 is 7.41. The lowest BCUT2D eigenvalue weighted by Crippen LogP contribution is -2.11. The number of hydrogen-bond donors (Lipinski definition) is 0. The van der Waals surface area contributed by atoms with E-state index in [1.54, 1.807) is 6.20 Å². The smallest absolute Gasteiger partial charge is 0.228 e. The minimum Gasteiger partial charge on any atom is -0.477 e. The zero-order valence-electron chi connectivity index (χ0n) is 9.18. The molecule has 1 aromatic rings. The fourth-order valence-electron chi connectivity index (χ4n) is 0.962. The van der Waals surface area contributed by atoms with Crippen LogP contribution in [0.1, 0.15) is 27.2 Å². The minimum atomic E-state index is 0.293. The van der Waals surface area contributed by atoms with Gasteiger partial charge in [0.2, 0.25) is 5.88 Å². The molecule has 0 saturated carbocycles. The molecule has 0 fully saturated rings. The Labute approximate surface area is 108 Å². The molecule has 0 radical (unpaired) electrons. The van der Waals surface area contributed by atoms with E-state index in [4.69, 9.17) is 4.74 Å². The number of ether oxygens (including phenoxy) is 1. The molecule has 1 aromatic heterocycles. The summed E-state index contributed by atoms with van der Waals surface area (Å²) in [5, 5.41) is 0. The summed E-state index contributed by atoms with van der Waals surface area (Å²) in [5.41, 5.74) is 0.293. The predicted octanol–water partition coefficient (Wildman–Crippen LogP) is 4.42. The largest absolute Gasteiger partial charge is 0.477 e. The zero-order chi connectivity index (χ0) is 11.5. The van der Waals surface area contributed by atoms with Crippen molar-refractivity contribution in [1.82, 2.24) is 4.98 Å². The Bertz CT molecular complexity index is 334. The molecule has 1 heterocycles. The second-order valence-electron chi connectivity index (χ2n) is 4.60. The van der Waals surface area contributed by atoms with E-state index in [9.17, 15) is 0 Å². The molecule has 0 aliphatic rings. The molecule has 0 amide bonds. The third-order valence-electron chi connectivity index (χ3n) is 1.86. The zero-order valence-corrected chi connectivity index (χ0v) is 12.4. The summed E-state index contributed by atoms with van der Waals surface area (Å²) in [7, 11) is 0. The maximum Gasteiger partial charge on any atom is 0.228 e. The first-order valence-electron chi connectivity index (χ1n) is 4.82. The lowest BCUT2D eigenvalue weighted by Gasteiger charge is -2.18. The van der Waals surface area contributed by atoms with Crippen LogP contribution in [0.25, 0.3) is 0 Å². The number of nitrogens with zero attached hydrogens (tertiary/aromatic N) is 1. The summed E-state index contributed by atoms with van der Waals surface area (Å²) in [6.07, 6.45) is 2.74. The van der Waals surface area contributed by atoms with Crippen LogP contribution in [0.4, 0.5) is 0 Å². The van der Waals surface area contributed by atoms with Crippen LogP contribution < -0.4 is 4.74 Å². The summed E-state index contributed by atoms with van der Waals surface area (Å²) in [6, 6.07) is 1.93. The average molecular weight is 337 g/mol. The van der Waals surface area contributed by atoms with Crippen LogP contribution in [0.15, 0.2) is 21.2 Å². The van der Waals surface area contributed by atoms with Gasteiger partial charge < -0.3 is 4.74 Å². The SMILES string of the molecule is CC(C)(C)CCOc1ncc(Br)cc1Br. The second-order valence-corrected chi connectivity index (χ2v) is 6.37. The highest BCUT2D eigenvalue weighted by Gasteiger charge is 2.11. The van der Waals surface area contributed by atoms with E-state index < -0.39 is 0 Å². The van der Waals surface area contributed by atoms with Crippen molar-refractivity contribution in [2.24, 2.45) is 5.41 Å². The van der Waals surface area contributed by atoms with Gasteiger partial charge in [-0.1, -0.05) is 20.8 Å². The third kappa shape index (κ3) is 4.98. The van der Waals surface area contributed by atoms with Crippen molar-refractivity contribution in [3.63, 3.8) is 0 Å². The van der Waals surface area contributed by atoms with Gasteiger partial charge in [0, 0.05) is 10.7 Å². The van der Waals surface area contributed by atoms with Gasteiger partial charge in [-0.15, -0.1) is 0 Å². The minimum absolute atomic E-state index is 0.293. The fraction of sp³-hybridized carbons (Fsp3) is 0.545. The van der Waals surface area contributed by atoms with Crippen molar-refractivity contribution >= 4 is 31.9 Å². The first-order chi connectivity index (χ1) is 6.88. The van der Waals surface area contributed by atoms with Crippen molar-refractivity contribution in [3.05, 3.63) is 21.2 Å². The van der Waals surface area contributed by atoms with E-state index in [-0.39, 0.29) is 0 Å². The van der Waals surface area contributed by atoms with Crippen molar-refractivity contribution in [1.29, 1.82) is 0 Å². The van der Waals surface area contributed by atoms with Gasteiger partial charge in [0.15, 0.2) is 0 Å². The van der Waals surface area contributed by atoms with Gasteiger partial charge in [-0.2, -0.15) is 0 Å². The Hall–Kier alpha value is -0.0900. The molecule has 0 aliphatic carbocycles. The highest BCUT2D eigenvalue weighted by molar-refractivity contribution is 9.11. The molecule has 84 valence electrons. The Morgan fingerprint density at radius 2 is 2.00 bits per heavy atom. The first-order valence-corrected chi connectivity index (χ1v) is 6.41. The van der Waals surface area contributed by atoms with Gasteiger partial charge in [0.05, 0.1) is 11.1 Å². The third-order valence-corrected chi connectivity index (χ3v) is 2.87. The summed E-state index contributed by atoms with van der Waals surface area (Å²) >= 11 is 6.76. The van der Waals surface area contributed by atoms with Gasteiger partial charge in [0.1, 0.15) is 0 Å². The van der Waals surface area contributed by atoms with E-state index in [1.807, 2.05) is 6.07 Å². The fourth-order valence-corrected chi connectivity index (χ4v) is 2.06. The normalized spacial score (nSPS) is 11.5. The van der Waals surface area contributed by atoms with Crippen molar-refractivity contribution in [2.45, 2.75) is 27.2 Å². The number of rotatable bonds is 3. The summed E-state index contributed by atoms with van der Waals surface area (Å²) in [6.45, 7) is 7.28. The maximum absolute atomic E-state index is 5.59. The summed E-state index contributed by atoms with van der Waals surface area (Å²) in [4.78, 5) is 4.18. The van der Waals surface area contributed by atoms with E-state index in [0.29, 0.717) is 17.9 Å². The lowest BCUT2D eigenvalue weighted by atomic mass is 9.93. The van der Waals surface area contributed by atoms with Crippen LogP contribution in [-0.4, -0.2) is 11.6 Å². The maximum atomic E-state index is 5.59. The molecule has 4 heteroatoms. The van der Waals surface area contributed by atoms with Crippen LogP contribution in [0.2, 0.25) is 0 Å². The van der Waals surface area contributed by atoms with Gasteiger partial charge in [-0.05, 0) is 49.8 Å². The number of halogens is 2. The molecule has 0 N–H and O–H groups in total. The molecule has 0 unspecified atom stereocenters. The highest BCUT2D eigenvalue weighted by atomic mass is 79.9. The van der Waals surface area contributed by atoms with Crippen molar-refractivity contribution in [2.75, 3.05) is 6.61 Å². The molecular formula is C11H15Br2NO. The van der Waals surface area contributed by atoms with Gasteiger partial charge in [0.25, 0.3) is 0 Å². The quantitative estimate of drug-likeness (QED) is 0.815. The molecule has 0 atom stereocenters. The van der Waals surface area contributed by atoms with Crippen molar-refractivity contribution in [3.8, 4) is 5.88 Å². The number of hydrogen-bond acceptors (Lipinski definition) is 2. The van der Waals surface area contributed by atoms with E-state index in [1.165, 1.54) is 0 Å². The Morgan fingerprint density at radius 3 is 2.53 bits per heavy atom. The molecule has 0 saturated heterocycles. The van der Waals surface area contributed by atoms with E-state index in [0.717, 1.165) is 15.4 Å².